The molecule has 1 aliphatic heterocycles. The number of carboxylic acid groups (broad SMARTS) is 1. The first-order valence-electron chi connectivity index (χ1n) is 9.68. The Bertz CT molecular complexity index is 922. The fourth-order valence-corrected chi connectivity index (χ4v) is 3.78. The number of hydrogen-bond acceptors (Lipinski definition) is 4. The predicted molar refractivity (Wildman–Crippen MR) is 111 cm³/mol. The molecule has 0 spiro atoms. The number of carboxylic acids is 1. The van der Waals surface area contributed by atoms with E-state index in [0.29, 0.717) is 19.6 Å². The summed E-state index contributed by atoms with van der Waals surface area (Å²) in [6.45, 7) is 5.63. The van der Waals surface area contributed by atoms with E-state index in [1.807, 2.05) is 13.8 Å². The summed E-state index contributed by atoms with van der Waals surface area (Å²) in [6, 6.07) is 10.8. The second kappa shape index (κ2) is 9.45. The third-order valence-electron chi connectivity index (χ3n) is 5.26. The molecule has 6 nitrogen and oxygen atoms in total. The lowest BCUT2D eigenvalue weighted by Gasteiger charge is -2.44. The van der Waals surface area contributed by atoms with Crippen molar-refractivity contribution in [2.45, 2.75) is 32.5 Å². The van der Waals surface area contributed by atoms with E-state index in [2.05, 4.69) is 4.90 Å². The van der Waals surface area contributed by atoms with E-state index in [1.165, 1.54) is 30.3 Å². The Balaban J connectivity index is 1.60. The number of piperazine rings is 1. The summed E-state index contributed by atoms with van der Waals surface area (Å²) in [5.41, 5.74) is 0.934. The van der Waals surface area contributed by atoms with Gasteiger partial charge in [0.1, 0.15) is 17.1 Å². The molecule has 2 atom stereocenters. The first-order valence-corrected chi connectivity index (χ1v) is 10.1. The van der Waals surface area contributed by atoms with Gasteiger partial charge in [0.25, 0.3) is 5.91 Å². The Labute approximate surface area is 179 Å². The predicted octanol–water partition coefficient (Wildman–Crippen LogP) is 3.68. The number of carbonyl (C=O) groups is 2. The van der Waals surface area contributed by atoms with Crippen LogP contribution in [0.15, 0.2) is 42.5 Å². The summed E-state index contributed by atoms with van der Waals surface area (Å²) >= 11 is 5.84. The van der Waals surface area contributed by atoms with Gasteiger partial charge in [-0.2, -0.15) is 0 Å². The monoisotopic (exact) mass is 434 g/mol. The molecule has 1 heterocycles. The van der Waals surface area contributed by atoms with Crippen LogP contribution < -0.4 is 4.74 Å². The smallest absolute Gasteiger partial charge is 0.339 e. The molecule has 0 unspecified atom stereocenters. The molecule has 30 heavy (non-hydrogen) atoms. The maximum Gasteiger partial charge on any atom is 0.339 e. The van der Waals surface area contributed by atoms with Crippen LogP contribution in [0, 0.1) is 5.82 Å². The maximum atomic E-state index is 13.1. The van der Waals surface area contributed by atoms with Crippen LogP contribution in [0.4, 0.5) is 4.39 Å². The topological polar surface area (TPSA) is 70.1 Å². The van der Waals surface area contributed by atoms with Crippen LogP contribution in [-0.4, -0.2) is 58.6 Å². The van der Waals surface area contributed by atoms with Gasteiger partial charge in [-0.3, -0.25) is 9.69 Å². The first kappa shape index (κ1) is 22.1. The van der Waals surface area contributed by atoms with E-state index in [1.54, 1.807) is 17.0 Å². The van der Waals surface area contributed by atoms with E-state index < -0.39 is 5.97 Å². The standard InChI is InChI=1S/C22H24ClFN2O4/c1-14-11-26(15(2)10-25(14)12-16-3-6-18(24)7-4-16)21(27)13-30-20-8-5-17(23)9-19(20)22(28)29/h3-9,14-15H,10-13H2,1-2H3,(H,28,29)/t14-,15+/m1/s1. The van der Waals surface area contributed by atoms with Gasteiger partial charge in [0.15, 0.2) is 6.61 Å². The van der Waals surface area contributed by atoms with Gasteiger partial charge < -0.3 is 14.7 Å². The minimum atomic E-state index is -1.17. The van der Waals surface area contributed by atoms with Gasteiger partial charge >= 0.3 is 5.97 Å². The van der Waals surface area contributed by atoms with Crippen LogP contribution in [-0.2, 0) is 11.3 Å². The summed E-state index contributed by atoms with van der Waals surface area (Å²) in [5, 5.41) is 9.57. The number of carbonyl (C=O) groups excluding carboxylic acids is 1. The van der Waals surface area contributed by atoms with Gasteiger partial charge in [-0.05, 0) is 49.7 Å². The summed E-state index contributed by atoms with van der Waals surface area (Å²) < 4.78 is 18.6. The quantitative estimate of drug-likeness (QED) is 0.751. The number of nitrogens with zero attached hydrogens (tertiary/aromatic N) is 2. The van der Waals surface area contributed by atoms with Crippen LogP contribution in [0.1, 0.15) is 29.8 Å². The van der Waals surface area contributed by atoms with Crippen molar-refractivity contribution in [1.29, 1.82) is 0 Å². The van der Waals surface area contributed by atoms with Crippen LogP contribution in [0.5, 0.6) is 5.75 Å². The van der Waals surface area contributed by atoms with E-state index >= 15 is 0 Å². The highest BCUT2D eigenvalue weighted by Crippen LogP contribution is 2.24. The van der Waals surface area contributed by atoms with Crippen molar-refractivity contribution >= 4 is 23.5 Å². The number of benzene rings is 2. The Morgan fingerprint density at radius 1 is 1.13 bits per heavy atom. The van der Waals surface area contributed by atoms with Crippen molar-refractivity contribution in [3.63, 3.8) is 0 Å². The second-order valence-corrected chi connectivity index (χ2v) is 7.97. The van der Waals surface area contributed by atoms with Crippen LogP contribution >= 0.6 is 11.6 Å². The van der Waals surface area contributed by atoms with Crippen LogP contribution in [0.3, 0.4) is 0 Å². The van der Waals surface area contributed by atoms with Gasteiger partial charge in [-0.25, -0.2) is 9.18 Å². The molecule has 2 aromatic carbocycles. The minimum Gasteiger partial charge on any atom is -0.483 e. The average Bonchev–Trinajstić information content (AvgIpc) is 2.70. The molecular weight excluding hydrogens is 411 g/mol. The highest BCUT2D eigenvalue weighted by molar-refractivity contribution is 6.31. The third kappa shape index (κ3) is 5.29. The first-order chi connectivity index (χ1) is 14.2. The molecule has 1 N–H and O–H groups in total. The fourth-order valence-electron chi connectivity index (χ4n) is 3.61. The van der Waals surface area contributed by atoms with E-state index in [4.69, 9.17) is 16.3 Å². The van der Waals surface area contributed by atoms with Crippen molar-refractivity contribution in [3.8, 4) is 5.75 Å². The number of halogens is 2. The van der Waals surface area contributed by atoms with Crippen molar-refractivity contribution in [1.82, 2.24) is 9.80 Å². The Kier molecular flexibility index (Phi) is 6.95. The van der Waals surface area contributed by atoms with E-state index in [0.717, 1.165) is 5.56 Å². The Morgan fingerprint density at radius 3 is 2.50 bits per heavy atom. The second-order valence-electron chi connectivity index (χ2n) is 7.53. The zero-order chi connectivity index (χ0) is 21.8. The van der Waals surface area contributed by atoms with Crippen molar-refractivity contribution in [3.05, 3.63) is 64.4 Å². The van der Waals surface area contributed by atoms with Gasteiger partial charge in [0.2, 0.25) is 0 Å². The number of rotatable bonds is 6. The third-order valence-corrected chi connectivity index (χ3v) is 5.49. The lowest BCUT2D eigenvalue weighted by molar-refractivity contribution is -0.139. The largest absolute Gasteiger partial charge is 0.483 e. The molecule has 160 valence electrons. The molecule has 0 radical (unpaired) electrons. The summed E-state index contributed by atoms with van der Waals surface area (Å²) in [6.07, 6.45) is 0. The summed E-state index contributed by atoms with van der Waals surface area (Å²) in [7, 11) is 0. The van der Waals surface area contributed by atoms with Gasteiger partial charge in [-0.1, -0.05) is 23.7 Å². The lowest BCUT2D eigenvalue weighted by Crippen LogP contribution is -2.58. The van der Waals surface area contributed by atoms with Crippen molar-refractivity contribution in [2.75, 3.05) is 19.7 Å². The molecule has 2 aromatic rings. The highest BCUT2D eigenvalue weighted by atomic mass is 35.5. The van der Waals surface area contributed by atoms with Crippen LogP contribution in [0.2, 0.25) is 5.02 Å². The van der Waals surface area contributed by atoms with Gasteiger partial charge in [-0.15, -0.1) is 0 Å². The molecule has 1 saturated heterocycles. The zero-order valence-corrected chi connectivity index (χ0v) is 17.6. The number of ether oxygens (including phenoxy) is 1. The van der Waals surface area contributed by atoms with Crippen molar-refractivity contribution < 1.29 is 23.8 Å². The fraction of sp³-hybridized carbons (Fsp3) is 0.364. The SMILES string of the molecule is C[C@@H]1CN(C(=O)COc2ccc(Cl)cc2C(=O)O)[C@@H](C)CN1Cc1ccc(F)cc1. The minimum absolute atomic E-state index is 0.0399. The molecule has 0 aliphatic carbocycles. The molecular formula is C22H24ClFN2O4. The van der Waals surface area contributed by atoms with Crippen molar-refractivity contribution in [2.24, 2.45) is 0 Å². The average molecular weight is 435 g/mol. The molecule has 3 rings (SSSR count). The Hall–Kier alpha value is -2.64. The van der Waals surface area contributed by atoms with Gasteiger partial charge in [0.05, 0.1) is 0 Å². The number of amides is 1. The van der Waals surface area contributed by atoms with Crippen LogP contribution in [0.25, 0.3) is 0 Å². The molecule has 0 aromatic heterocycles. The number of aromatic carboxylic acids is 1. The molecule has 8 heteroatoms. The van der Waals surface area contributed by atoms with E-state index in [-0.39, 0.29) is 46.8 Å². The van der Waals surface area contributed by atoms with Gasteiger partial charge in [0, 0.05) is 36.7 Å². The zero-order valence-electron chi connectivity index (χ0n) is 16.8. The summed E-state index contributed by atoms with van der Waals surface area (Å²) in [5.74, 6) is -1.53. The normalized spacial score (nSPS) is 19.5. The molecule has 0 bridgehead atoms. The Morgan fingerprint density at radius 2 is 1.83 bits per heavy atom. The van der Waals surface area contributed by atoms with E-state index in [9.17, 15) is 19.1 Å². The lowest BCUT2D eigenvalue weighted by atomic mass is 10.1. The molecule has 1 fully saturated rings. The molecule has 0 saturated carbocycles. The molecule has 1 amide bonds. The summed E-state index contributed by atoms with van der Waals surface area (Å²) in [4.78, 5) is 28.1. The maximum absolute atomic E-state index is 13.1. The highest BCUT2D eigenvalue weighted by Gasteiger charge is 2.32. The molecule has 1 aliphatic rings. The number of hydrogen-bond donors (Lipinski definition) is 1.